The monoisotopic (exact) mass is 169 g/mol. The molecule has 0 aromatic carbocycles. The summed E-state index contributed by atoms with van der Waals surface area (Å²) in [4.78, 5) is 0. The highest BCUT2D eigenvalue weighted by Crippen LogP contribution is 2.20. The molecule has 12 heavy (non-hydrogen) atoms. The SMILES string of the molecule is CNCC(=CC(C)(C)C)C(C)C. The van der Waals surface area contributed by atoms with E-state index in [1.54, 1.807) is 0 Å². The second-order valence-corrected chi connectivity index (χ2v) is 4.77. The molecular formula is C11H23N. The summed E-state index contributed by atoms with van der Waals surface area (Å²) in [7, 11) is 2.00. The first-order valence-electron chi connectivity index (χ1n) is 4.73. The van der Waals surface area contributed by atoms with Crippen molar-refractivity contribution >= 4 is 0 Å². The minimum Gasteiger partial charge on any atom is -0.316 e. The summed E-state index contributed by atoms with van der Waals surface area (Å²) in [6, 6.07) is 0. The topological polar surface area (TPSA) is 12.0 Å². The van der Waals surface area contributed by atoms with Gasteiger partial charge in [0.05, 0.1) is 0 Å². The first-order valence-corrected chi connectivity index (χ1v) is 4.73. The fraction of sp³-hybridized carbons (Fsp3) is 0.818. The fourth-order valence-corrected chi connectivity index (χ4v) is 1.18. The van der Waals surface area contributed by atoms with Crippen LogP contribution in [0.2, 0.25) is 0 Å². The first-order chi connectivity index (χ1) is 5.37. The van der Waals surface area contributed by atoms with Crippen molar-refractivity contribution < 1.29 is 0 Å². The Morgan fingerprint density at radius 2 is 1.83 bits per heavy atom. The second kappa shape index (κ2) is 4.66. The molecule has 0 bridgehead atoms. The highest BCUT2D eigenvalue weighted by atomic mass is 14.8. The number of rotatable bonds is 3. The van der Waals surface area contributed by atoms with Crippen molar-refractivity contribution in [2.75, 3.05) is 13.6 Å². The quantitative estimate of drug-likeness (QED) is 0.641. The molecule has 0 fully saturated rings. The number of hydrogen-bond acceptors (Lipinski definition) is 1. The number of nitrogens with one attached hydrogen (secondary N) is 1. The van der Waals surface area contributed by atoms with E-state index in [4.69, 9.17) is 0 Å². The highest BCUT2D eigenvalue weighted by Gasteiger charge is 2.10. The van der Waals surface area contributed by atoms with Crippen LogP contribution in [0.1, 0.15) is 34.6 Å². The molecule has 1 heteroatoms. The molecule has 0 amide bonds. The maximum atomic E-state index is 3.20. The van der Waals surface area contributed by atoms with Gasteiger partial charge >= 0.3 is 0 Å². The first kappa shape index (κ1) is 11.7. The van der Waals surface area contributed by atoms with Crippen LogP contribution in [0.3, 0.4) is 0 Å². The van der Waals surface area contributed by atoms with E-state index in [0.29, 0.717) is 11.3 Å². The molecule has 0 aliphatic heterocycles. The molecule has 0 spiro atoms. The second-order valence-electron chi connectivity index (χ2n) is 4.77. The van der Waals surface area contributed by atoms with E-state index in [1.807, 2.05) is 7.05 Å². The molecule has 0 saturated heterocycles. The molecule has 0 saturated carbocycles. The molecule has 0 atom stereocenters. The van der Waals surface area contributed by atoms with Gasteiger partial charge in [0.2, 0.25) is 0 Å². The summed E-state index contributed by atoms with van der Waals surface area (Å²) in [5.74, 6) is 0.650. The Morgan fingerprint density at radius 1 is 1.33 bits per heavy atom. The third-order valence-electron chi connectivity index (χ3n) is 1.74. The molecule has 0 unspecified atom stereocenters. The molecule has 0 aromatic rings. The summed E-state index contributed by atoms with van der Waals surface area (Å²) >= 11 is 0. The van der Waals surface area contributed by atoms with Crippen LogP contribution in [0.15, 0.2) is 11.6 Å². The third-order valence-corrected chi connectivity index (χ3v) is 1.74. The lowest BCUT2D eigenvalue weighted by molar-refractivity contribution is 0.526. The molecule has 1 nitrogen and oxygen atoms in total. The molecule has 0 radical (unpaired) electrons. The van der Waals surface area contributed by atoms with Gasteiger partial charge in [-0.05, 0) is 18.4 Å². The van der Waals surface area contributed by atoms with Gasteiger partial charge in [-0.15, -0.1) is 0 Å². The van der Waals surface area contributed by atoms with Crippen LogP contribution in [0, 0.1) is 11.3 Å². The Morgan fingerprint density at radius 3 is 2.08 bits per heavy atom. The Labute approximate surface area is 77.2 Å². The zero-order chi connectivity index (χ0) is 9.78. The lowest BCUT2D eigenvalue weighted by Gasteiger charge is -2.18. The van der Waals surface area contributed by atoms with Gasteiger partial charge in [0.25, 0.3) is 0 Å². The summed E-state index contributed by atoms with van der Waals surface area (Å²) in [5.41, 5.74) is 1.81. The molecular weight excluding hydrogens is 146 g/mol. The standard InChI is InChI=1S/C11H23N/c1-9(2)10(8-12-6)7-11(3,4)5/h7,9,12H,8H2,1-6H3. The van der Waals surface area contributed by atoms with E-state index in [0.717, 1.165) is 6.54 Å². The minimum atomic E-state index is 0.302. The van der Waals surface area contributed by atoms with Crippen LogP contribution < -0.4 is 5.32 Å². The molecule has 1 N–H and O–H groups in total. The third kappa shape index (κ3) is 5.36. The molecule has 0 rings (SSSR count). The highest BCUT2D eigenvalue weighted by molar-refractivity contribution is 5.10. The van der Waals surface area contributed by atoms with Crippen LogP contribution in [-0.2, 0) is 0 Å². The van der Waals surface area contributed by atoms with Gasteiger partial charge in [0.15, 0.2) is 0 Å². The molecule has 0 aliphatic carbocycles. The predicted molar refractivity (Wildman–Crippen MR) is 56.3 cm³/mol. The molecule has 0 heterocycles. The van der Waals surface area contributed by atoms with Gasteiger partial charge in [0.1, 0.15) is 0 Å². The lowest BCUT2D eigenvalue weighted by Crippen LogP contribution is -2.16. The molecule has 0 aliphatic rings. The zero-order valence-electron chi connectivity index (χ0n) is 9.36. The van der Waals surface area contributed by atoms with Crippen LogP contribution in [0.25, 0.3) is 0 Å². The van der Waals surface area contributed by atoms with E-state index in [2.05, 4.69) is 46.0 Å². The van der Waals surface area contributed by atoms with Crippen molar-refractivity contribution in [2.45, 2.75) is 34.6 Å². The van der Waals surface area contributed by atoms with Crippen molar-refractivity contribution in [3.63, 3.8) is 0 Å². The summed E-state index contributed by atoms with van der Waals surface area (Å²) < 4.78 is 0. The smallest absolute Gasteiger partial charge is 0.0164 e. The van der Waals surface area contributed by atoms with Crippen molar-refractivity contribution in [1.29, 1.82) is 0 Å². The normalized spacial score (nSPS) is 14.1. The maximum Gasteiger partial charge on any atom is 0.0164 e. The Balaban J connectivity index is 4.39. The van der Waals surface area contributed by atoms with Crippen LogP contribution in [0.4, 0.5) is 0 Å². The van der Waals surface area contributed by atoms with Crippen LogP contribution in [-0.4, -0.2) is 13.6 Å². The van der Waals surface area contributed by atoms with E-state index >= 15 is 0 Å². The number of hydrogen-bond donors (Lipinski definition) is 1. The van der Waals surface area contributed by atoms with E-state index in [-0.39, 0.29) is 0 Å². The summed E-state index contributed by atoms with van der Waals surface area (Å²) in [6.45, 7) is 12.2. The zero-order valence-corrected chi connectivity index (χ0v) is 9.36. The Hall–Kier alpha value is -0.300. The van der Waals surface area contributed by atoms with Crippen molar-refractivity contribution in [2.24, 2.45) is 11.3 Å². The van der Waals surface area contributed by atoms with Gasteiger partial charge in [0, 0.05) is 6.54 Å². The van der Waals surface area contributed by atoms with E-state index in [1.165, 1.54) is 5.57 Å². The van der Waals surface area contributed by atoms with Gasteiger partial charge in [-0.2, -0.15) is 0 Å². The minimum absolute atomic E-state index is 0.302. The largest absolute Gasteiger partial charge is 0.316 e. The van der Waals surface area contributed by atoms with Crippen molar-refractivity contribution in [3.05, 3.63) is 11.6 Å². The number of likely N-dealkylation sites (N-methyl/N-ethyl adjacent to an activating group) is 1. The van der Waals surface area contributed by atoms with Gasteiger partial charge in [-0.1, -0.05) is 46.3 Å². The lowest BCUT2D eigenvalue weighted by atomic mass is 9.89. The Kier molecular flexibility index (Phi) is 4.54. The molecule has 0 aromatic heterocycles. The van der Waals surface area contributed by atoms with Gasteiger partial charge in [-0.3, -0.25) is 0 Å². The summed E-state index contributed by atoms with van der Waals surface area (Å²) in [5, 5.41) is 3.20. The van der Waals surface area contributed by atoms with Gasteiger partial charge in [-0.25, -0.2) is 0 Å². The van der Waals surface area contributed by atoms with E-state index in [9.17, 15) is 0 Å². The maximum absolute atomic E-state index is 3.20. The van der Waals surface area contributed by atoms with Crippen LogP contribution >= 0.6 is 0 Å². The van der Waals surface area contributed by atoms with Crippen LogP contribution in [0.5, 0.6) is 0 Å². The average molecular weight is 169 g/mol. The predicted octanol–water partition coefficient (Wildman–Crippen LogP) is 2.83. The Bertz CT molecular complexity index is 149. The van der Waals surface area contributed by atoms with Crippen molar-refractivity contribution in [1.82, 2.24) is 5.32 Å². The van der Waals surface area contributed by atoms with E-state index < -0.39 is 0 Å². The molecule has 72 valence electrons. The fourth-order valence-electron chi connectivity index (χ4n) is 1.18. The average Bonchev–Trinajstić information content (AvgIpc) is 1.83. The summed E-state index contributed by atoms with van der Waals surface area (Å²) in [6.07, 6.45) is 2.37. The number of allylic oxidation sites excluding steroid dienone is 1. The van der Waals surface area contributed by atoms with Crippen molar-refractivity contribution in [3.8, 4) is 0 Å². The van der Waals surface area contributed by atoms with Gasteiger partial charge < -0.3 is 5.32 Å².